The summed E-state index contributed by atoms with van der Waals surface area (Å²) in [6, 6.07) is 6.04. The van der Waals surface area contributed by atoms with E-state index in [9.17, 15) is 5.11 Å². The molecule has 0 fully saturated rings. The molecule has 1 atom stereocenters. The minimum absolute atomic E-state index is 0. The predicted octanol–water partition coefficient (Wildman–Crippen LogP) is 6.15. The van der Waals surface area contributed by atoms with E-state index in [2.05, 4.69) is 26.6 Å². The average molecular weight is 564 g/mol. The van der Waals surface area contributed by atoms with Crippen LogP contribution in [-0.4, -0.2) is 67.7 Å². The molecule has 0 bridgehead atoms. The van der Waals surface area contributed by atoms with Gasteiger partial charge in [-0.05, 0) is 25.5 Å². The number of rotatable bonds is 2. The van der Waals surface area contributed by atoms with E-state index in [0.29, 0.717) is 0 Å². The van der Waals surface area contributed by atoms with Gasteiger partial charge in [0.1, 0.15) is 0 Å². The minimum atomic E-state index is -0.655. The van der Waals surface area contributed by atoms with Crippen LogP contribution >= 0.6 is 0 Å². The van der Waals surface area contributed by atoms with Crippen molar-refractivity contribution in [3.63, 3.8) is 0 Å². The van der Waals surface area contributed by atoms with Gasteiger partial charge in [-0.1, -0.05) is 50.1 Å². The second kappa shape index (κ2) is 26.6. The molecule has 1 rings (SSSR count). The van der Waals surface area contributed by atoms with Crippen molar-refractivity contribution in [2.24, 2.45) is 5.41 Å². The number of aliphatic hydroxyl groups is 1. The maximum Gasteiger partial charge on any atom is 5.00 e. The van der Waals surface area contributed by atoms with E-state index in [-0.39, 0.29) is 27.8 Å². The minimum Gasteiger partial charge on any atom is -0.668 e. The fourth-order valence-electron chi connectivity index (χ4n) is 1.33. The summed E-state index contributed by atoms with van der Waals surface area (Å²) in [5.74, 6) is 0. The third-order valence-corrected chi connectivity index (χ3v) is 2.47. The molecule has 7 heteroatoms. The molecule has 0 heterocycles. The fraction of sp³-hybridized carbons (Fsp3) is 0.714. The number of nitrogens with zero attached hydrogens (tertiary/aromatic N) is 5. The zero-order chi connectivity index (χ0) is 22.5. The second-order valence-electron chi connectivity index (χ2n) is 6.90. The number of aliphatic hydroxyl groups excluding tert-OH is 1. The summed E-state index contributed by atoms with van der Waals surface area (Å²) in [6.45, 7) is 9.97. The van der Waals surface area contributed by atoms with Crippen molar-refractivity contribution in [1.29, 1.82) is 0 Å². The largest absolute Gasteiger partial charge is 5.00 e. The molecule has 0 amide bonds. The molecule has 28 heavy (non-hydrogen) atoms. The van der Waals surface area contributed by atoms with Gasteiger partial charge >= 0.3 is 22.4 Å². The van der Waals surface area contributed by atoms with Crippen LogP contribution in [0, 0.1) is 19.3 Å². The van der Waals surface area contributed by atoms with Gasteiger partial charge in [0.25, 0.3) is 0 Å². The van der Waals surface area contributed by atoms with Gasteiger partial charge in [0.15, 0.2) is 0 Å². The van der Waals surface area contributed by atoms with E-state index in [4.69, 9.17) is 0 Å². The topological polar surface area (TPSA) is 90.7 Å². The van der Waals surface area contributed by atoms with E-state index in [1.165, 1.54) is 0 Å². The normalized spacial score (nSPS) is 9.93. The molecule has 0 aliphatic carbocycles. The van der Waals surface area contributed by atoms with Crippen molar-refractivity contribution in [3.05, 3.63) is 55.9 Å². The van der Waals surface area contributed by atoms with Gasteiger partial charge in [0.05, 0.1) is 0 Å². The third-order valence-electron chi connectivity index (χ3n) is 2.47. The van der Waals surface area contributed by atoms with Crippen LogP contribution in [-0.2, 0) is 22.4 Å². The van der Waals surface area contributed by atoms with Crippen molar-refractivity contribution in [2.45, 2.75) is 40.8 Å². The summed E-state index contributed by atoms with van der Waals surface area (Å²) in [4.78, 5) is 0. The summed E-state index contributed by atoms with van der Waals surface area (Å²) in [5.41, 5.74) is 2.92. The van der Waals surface area contributed by atoms with Crippen molar-refractivity contribution in [3.8, 4) is 0 Å². The third kappa shape index (κ3) is 27.8. The van der Waals surface area contributed by atoms with E-state index >= 15 is 0 Å². The molecule has 1 N–H and O–H groups in total. The first-order chi connectivity index (χ1) is 12.5. The zero-order valence-corrected chi connectivity index (χ0v) is 23.7. The van der Waals surface area contributed by atoms with E-state index in [0.717, 1.165) is 16.8 Å². The van der Waals surface area contributed by atoms with E-state index in [1.54, 1.807) is 56.4 Å². The summed E-state index contributed by atoms with van der Waals surface area (Å²) < 4.78 is 0. The molecule has 1 aromatic carbocycles. The SMILES string of the molecule is C[N-]C.C[N-]C.C[N-]C.C[N-]C.Cc1cccc(C)c1[N-]C(O)C(C)(C)C.[Ta+5]. The Morgan fingerprint density at radius 1 is 0.714 bits per heavy atom. The first-order valence-corrected chi connectivity index (χ1v) is 8.85. The van der Waals surface area contributed by atoms with Crippen LogP contribution in [0.3, 0.4) is 0 Å². The zero-order valence-electron chi connectivity index (χ0n) is 20.4. The van der Waals surface area contributed by atoms with Gasteiger partial charge in [-0.15, -0.1) is 5.69 Å². The summed E-state index contributed by atoms with van der Waals surface area (Å²) >= 11 is 0. The number of benzene rings is 1. The molecule has 0 aliphatic heterocycles. The Morgan fingerprint density at radius 2 is 0.964 bits per heavy atom. The Kier molecular flexibility index (Phi) is 36.2. The monoisotopic (exact) mass is 563 g/mol. The predicted molar refractivity (Wildman–Crippen MR) is 125 cm³/mol. The van der Waals surface area contributed by atoms with Crippen LogP contribution in [0.1, 0.15) is 31.9 Å². The van der Waals surface area contributed by atoms with Crippen molar-refractivity contribution >= 4 is 5.69 Å². The van der Waals surface area contributed by atoms with Crippen LogP contribution in [0.2, 0.25) is 0 Å². The molecule has 0 saturated heterocycles. The maximum atomic E-state index is 9.92. The Labute approximate surface area is 191 Å². The van der Waals surface area contributed by atoms with Gasteiger partial charge in [-0.25, -0.2) is 0 Å². The Bertz CT molecular complexity index is 384. The summed E-state index contributed by atoms with van der Waals surface area (Å²) in [6.07, 6.45) is -0.655. The molecule has 164 valence electrons. The number of para-hydroxylation sites is 1. The molecule has 0 aromatic heterocycles. The van der Waals surface area contributed by atoms with Gasteiger partial charge in [0.2, 0.25) is 0 Å². The molecule has 0 aliphatic rings. The van der Waals surface area contributed by atoms with Gasteiger partial charge in [0, 0.05) is 0 Å². The molecule has 6 nitrogen and oxygen atoms in total. The number of hydrogen-bond donors (Lipinski definition) is 1. The van der Waals surface area contributed by atoms with Gasteiger partial charge in [-0.2, -0.15) is 56.4 Å². The maximum absolute atomic E-state index is 9.92. The first-order valence-electron chi connectivity index (χ1n) is 8.85. The van der Waals surface area contributed by atoms with E-state index < -0.39 is 6.23 Å². The van der Waals surface area contributed by atoms with Crippen molar-refractivity contribution < 1.29 is 27.5 Å². The quantitative estimate of drug-likeness (QED) is 0.460. The molecule has 0 radical (unpaired) electrons. The summed E-state index contributed by atoms with van der Waals surface area (Å²) in [5, 5.41) is 28.3. The number of hydrogen-bond acceptors (Lipinski definition) is 1. The van der Waals surface area contributed by atoms with Crippen LogP contribution in [0.15, 0.2) is 18.2 Å². The van der Waals surface area contributed by atoms with Crippen molar-refractivity contribution in [2.75, 3.05) is 56.4 Å². The molecular formula is C21H44N5OTa. The molecule has 0 saturated carbocycles. The fourth-order valence-corrected chi connectivity index (χ4v) is 1.33. The van der Waals surface area contributed by atoms with Gasteiger partial charge in [-0.3, -0.25) is 0 Å². The smallest absolute Gasteiger partial charge is 0.668 e. The second-order valence-corrected chi connectivity index (χ2v) is 6.90. The Balaban J connectivity index is -0.000000113. The van der Waals surface area contributed by atoms with Crippen LogP contribution in [0.4, 0.5) is 5.69 Å². The van der Waals surface area contributed by atoms with Crippen molar-refractivity contribution in [1.82, 2.24) is 0 Å². The van der Waals surface area contributed by atoms with Gasteiger partial charge < -0.3 is 31.7 Å². The molecule has 1 aromatic rings. The standard InChI is InChI=1S/C13H20NO.4C2H6N.Ta/c1-9-7-6-8-10(2)11(9)14-12(15)13(3,4)5;4*1-3-2;/h6-8,12,15H,1-5H3;4*1-2H3;/q5*-1;+5. The Hall–Kier alpha value is -0.440. The van der Waals surface area contributed by atoms with Crippen LogP contribution < -0.4 is 0 Å². The Morgan fingerprint density at radius 3 is 1.18 bits per heavy atom. The van der Waals surface area contributed by atoms with Crippen LogP contribution in [0.25, 0.3) is 26.6 Å². The summed E-state index contributed by atoms with van der Waals surface area (Å²) in [7, 11) is 14.0. The molecule has 0 spiro atoms. The number of aryl methyl sites for hydroxylation is 2. The first kappa shape index (κ1) is 38.2. The van der Waals surface area contributed by atoms with E-state index in [1.807, 2.05) is 52.8 Å². The van der Waals surface area contributed by atoms with Crippen LogP contribution in [0.5, 0.6) is 0 Å². The molecule has 1 unspecified atom stereocenters. The molecular weight excluding hydrogens is 519 g/mol. The average Bonchev–Trinajstić information content (AvgIpc) is 2.53.